The number of carbonyl (C=O) groups is 2. The molecule has 7 nitrogen and oxygen atoms in total. The van der Waals surface area contributed by atoms with Crippen molar-refractivity contribution in [2.75, 3.05) is 26.4 Å². The number of rotatable bonds is 8. The van der Waals surface area contributed by atoms with Crippen LogP contribution >= 0.6 is 0 Å². The minimum atomic E-state index is -1.12. The number of amides is 1. The molecule has 0 spiro atoms. The van der Waals surface area contributed by atoms with Gasteiger partial charge in [0.15, 0.2) is 0 Å². The second kappa shape index (κ2) is 8.16. The summed E-state index contributed by atoms with van der Waals surface area (Å²) in [4.78, 5) is 21.3. The summed E-state index contributed by atoms with van der Waals surface area (Å²) in [5.74, 6) is -1.64. The molecule has 0 aliphatic carbocycles. The van der Waals surface area contributed by atoms with Crippen molar-refractivity contribution in [1.82, 2.24) is 5.32 Å². The minimum Gasteiger partial charge on any atom is -0.481 e. The third-order valence-electron chi connectivity index (χ3n) is 1.51. The molecule has 0 aromatic rings. The lowest BCUT2D eigenvalue weighted by Gasteiger charge is -2.09. The highest BCUT2D eigenvalue weighted by atomic mass is 16.5. The predicted octanol–water partition coefficient (Wildman–Crippen LogP) is -2.09. The molecule has 0 radical (unpaired) electrons. The Kier molecular flexibility index (Phi) is 7.51. The fourth-order valence-electron chi connectivity index (χ4n) is 0.825. The number of hydrogen-bond acceptors (Lipinski definition) is 5. The maximum Gasteiger partial charge on any atom is 0.305 e. The van der Waals surface area contributed by atoms with E-state index in [0.717, 1.165) is 0 Å². The highest BCUT2D eigenvalue weighted by Gasteiger charge is 2.15. The van der Waals surface area contributed by atoms with Gasteiger partial charge in [-0.1, -0.05) is 0 Å². The molecule has 0 bridgehead atoms. The first kappa shape index (κ1) is 13.8. The number of carbonyl (C=O) groups excluding carboxylic acids is 1. The first-order valence-electron chi connectivity index (χ1n) is 4.51. The highest BCUT2D eigenvalue weighted by Crippen LogP contribution is 1.87. The van der Waals surface area contributed by atoms with Crippen LogP contribution in [0, 0.1) is 0 Å². The molecule has 0 aromatic heterocycles. The molecule has 0 saturated carbocycles. The normalized spacial score (nSPS) is 12.1. The van der Waals surface area contributed by atoms with Crippen LogP contribution in [0.25, 0.3) is 0 Å². The molecule has 88 valence electrons. The second-order valence-corrected chi connectivity index (χ2v) is 2.83. The summed E-state index contributed by atoms with van der Waals surface area (Å²) in [6.45, 7) is 0.627. The number of aliphatic carboxylic acids is 1. The van der Waals surface area contributed by atoms with Gasteiger partial charge in [0.1, 0.15) is 0 Å². The van der Waals surface area contributed by atoms with Gasteiger partial charge < -0.3 is 26.0 Å². The zero-order valence-electron chi connectivity index (χ0n) is 8.31. The van der Waals surface area contributed by atoms with Gasteiger partial charge in [0, 0.05) is 6.54 Å². The van der Waals surface area contributed by atoms with Gasteiger partial charge in [-0.3, -0.25) is 9.59 Å². The molecular weight excluding hydrogens is 204 g/mol. The molecular formula is C8H16N2O5. The molecule has 15 heavy (non-hydrogen) atoms. The standard InChI is InChI=1S/C8H16N2O5/c9-6(5-7(12)13)8(14)10-1-3-15-4-2-11/h6,11H,1-5,9H2,(H,10,14)(H,12,13)/t6-/m0/s1. The summed E-state index contributed by atoms with van der Waals surface area (Å²) >= 11 is 0. The van der Waals surface area contributed by atoms with E-state index in [1.165, 1.54) is 0 Å². The number of nitrogens with one attached hydrogen (secondary N) is 1. The Morgan fingerprint density at radius 2 is 2.07 bits per heavy atom. The Hall–Kier alpha value is -1.18. The van der Waals surface area contributed by atoms with Crippen molar-refractivity contribution < 1.29 is 24.5 Å². The maximum absolute atomic E-state index is 11.1. The van der Waals surface area contributed by atoms with Gasteiger partial charge in [-0.15, -0.1) is 0 Å². The summed E-state index contributed by atoms with van der Waals surface area (Å²) in [5.41, 5.74) is 5.29. The van der Waals surface area contributed by atoms with Gasteiger partial charge in [-0.25, -0.2) is 0 Å². The van der Waals surface area contributed by atoms with Crippen molar-refractivity contribution in [3.05, 3.63) is 0 Å². The van der Waals surface area contributed by atoms with Crippen molar-refractivity contribution in [1.29, 1.82) is 0 Å². The van der Waals surface area contributed by atoms with Crippen LogP contribution < -0.4 is 11.1 Å². The number of carboxylic acids is 1. The van der Waals surface area contributed by atoms with Crippen molar-refractivity contribution >= 4 is 11.9 Å². The molecule has 0 fully saturated rings. The van der Waals surface area contributed by atoms with Crippen LogP contribution in [0.15, 0.2) is 0 Å². The second-order valence-electron chi connectivity index (χ2n) is 2.83. The van der Waals surface area contributed by atoms with Gasteiger partial charge in [-0.05, 0) is 0 Å². The Labute approximate surface area is 87.2 Å². The number of aliphatic hydroxyl groups excluding tert-OH is 1. The van der Waals surface area contributed by atoms with Gasteiger partial charge in [0.2, 0.25) is 5.91 Å². The van der Waals surface area contributed by atoms with Crippen LogP contribution in [-0.2, 0) is 14.3 Å². The summed E-state index contributed by atoms with van der Waals surface area (Å²) in [5, 5.41) is 19.1. The monoisotopic (exact) mass is 220 g/mol. The third-order valence-corrected chi connectivity index (χ3v) is 1.51. The number of ether oxygens (including phenoxy) is 1. The lowest BCUT2D eigenvalue weighted by molar-refractivity contribution is -0.139. The van der Waals surface area contributed by atoms with E-state index in [1.54, 1.807) is 0 Å². The molecule has 0 aliphatic rings. The van der Waals surface area contributed by atoms with Crippen LogP contribution in [0.5, 0.6) is 0 Å². The topological polar surface area (TPSA) is 122 Å². The molecule has 0 aliphatic heterocycles. The number of aliphatic hydroxyl groups is 1. The molecule has 7 heteroatoms. The Morgan fingerprint density at radius 1 is 1.40 bits per heavy atom. The van der Waals surface area contributed by atoms with E-state index in [0.29, 0.717) is 0 Å². The van der Waals surface area contributed by atoms with E-state index in [1.807, 2.05) is 0 Å². The maximum atomic E-state index is 11.1. The van der Waals surface area contributed by atoms with Crippen molar-refractivity contribution in [2.45, 2.75) is 12.5 Å². The fraction of sp³-hybridized carbons (Fsp3) is 0.750. The zero-order chi connectivity index (χ0) is 11.7. The molecule has 1 atom stereocenters. The zero-order valence-corrected chi connectivity index (χ0v) is 8.31. The van der Waals surface area contributed by atoms with E-state index >= 15 is 0 Å². The molecule has 0 saturated heterocycles. The predicted molar refractivity (Wildman–Crippen MR) is 51.1 cm³/mol. The van der Waals surface area contributed by atoms with Crippen molar-refractivity contribution in [3.8, 4) is 0 Å². The number of nitrogens with two attached hydrogens (primary N) is 1. The average molecular weight is 220 g/mol. The van der Waals surface area contributed by atoms with E-state index in [2.05, 4.69) is 5.32 Å². The average Bonchev–Trinajstić information content (AvgIpc) is 2.16. The summed E-state index contributed by atoms with van der Waals surface area (Å²) in [7, 11) is 0. The van der Waals surface area contributed by atoms with E-state index in [9.17, 15) is 9.59 Å². The van der Waals surface area contributed by atoms with E-state index in [-0.39, 0.29) is 26.4 Å². The third kappa shape index (κ3) is 7.86. The lowest BCUT2D eigenvalue weighted by Crippen LogP contribution is -2.43. The quantitative estimate of drug-likeness (QED) is 0.348. The molecule has 0 unspecified atom stereocenters. The van der Waals surface area contributed by atoms with Crippen LogP contribution in [0.2, 0.25) is 0 Å². The van der Waals surface area contributed by atoms with Crippen LogP contribution in [0.1, 0.15) is 6.42 Å². The first-order valence-corrected chi connectivity index (χ1v) is 4.51. The largest absolute Gasteiger partial charge is 0.481 e. The van der Waals surface area contributed by atoms with Gasteiger partial charge in [0.05, 0.1) is 32.3 Å². The minimum absolute atomic E-state index is 0.0769. The highest BCUT2D eigenvalue weighted by molar-refractivity contribution is 5.85. The van der Waals surface area contributed by atoms with Crippen LogP contribution in [0.3, 0.4) is 0 Å². The van der Waals surface area contributed by atoms with Gasteiger partial charge in [0.25, 0.3) is 0 Å². The molecule has 0 rings (SSSR count). The van der Waals surface area contributed by atoms with E-state index in [4.69, 9.17) is 20.7 Å². The lowest BCUT2D eigenvalue weighted by atomic mass is 10.2. The summed E-state index contributed by atoms with van der Waals surface area (Å²) in [6, 6.07) is -1.04. The molecule has 0 aromatic carbocycles. The van der Waals surface area contributed by atoms with Crippen LogP contribution in [-0.4, -0.2) is 54.5 Å². The van der Waals surface area contributed by atoms with Gasteiger partial charge >= 0.3 is 5.97 Å². The van der Waals surface area contributed by atoms with Gasteiger partial charge in [-0.2, -0.15) is 0 Å². The fourth-order valence-corrected chi connectivity index (χ4v) is 0.825. The number of hydrogen-bond donors (Lipinski definition) is 4. The summed E-state index contributed by atoms with van der Waals surface area (Å²) in [6.07, 6.45) is -0.399. The Balaban J connectivity index is 3.51. The summed E-state index contributed by atoms with van der Waals surface area (Å²) < 4.78 is 4.87. The molecule has 1 amide bonds. The SMILES string of the molecule is N[C@@H](CC(=O)O)C(=O)NCCOCCO. The Bertz CT molecular complexity index is 209. The van der Waals surface area contributed by atoms with E-state index < -0.39 is 24.3 Å². The molecule has 0 heterocycles. The van der Waals surface area contributed by atoms with Crippen molar-refractivity contribution in [3.63, 3.8) is 0 Å². The Morgan fingerprint density at radius 3 is 2.60 bits per heavy atom. The smallest absolute Gasteiger partial charge is 0.305 e. The van der Waals surface area contributed by atoms with Crippen LogP contribution in [0.4, 0.5) is 0 Å². The molecule has 5 N–H and O–H groups in total. The van der Waals surface area contributed by atoms with Crippen molar-refractivity contribution in [2.24, 2.45) is 5.73 Å². The first-order chi connectivity index (χ1) is 7.07. The number of carboxylic acid groups (broad SMARTS) is 1.